The molecule has 0 aromatic heterocycles. The van der Waals surface area contributed by atoms with Gasteiger partial charge in [-0.2, -0.15) is 0 Å². The molecule has 0 heterocycles. The van der Waals surface area contributed by atoms with Gasteiger partial charge in [-0.1, -0.05) is 42.0 Å². The van der Waals surface area contributed by atoms with Gasteiger partial charge >= 0.3 is 5.97 Å². The Kier molecular flexibility index (Phi) is 5.39. The molecular formula is C20H22O4. The second-order valence-corrected chi connectivity index (χ2v) is 6.35. The van der Waals surface area contributed by atoms with Crippen molar-refractivity contribution < 1.29 is 19.4 Å². The first-order valence-corrected chi connectivity index (χ1v) is 7.89. The quantitative estimate of drug-likeness (QED) is 0.780. The van der Waals surface area contributed by atoms with Gasteiger partial charge < -0.3 is 9.84 Å². The molecule has 0 radical (unpaired) electrons. The summed E-state index contributed by atoms with van der Waals surface area (Å²) in [6.07, 6.45) is 1.07. The Morgan fingerprint density at radius 1 is 1.00 bits per heavy atom. The molecule has 0 fully saturated rings. The molecule has 0 spiro atoms. The minimum atomic E-state index is -1.27. The number of ketones is 1. The molecule has 126 valence electrons. The van der Waals surface area contributed by atoms with Gasteiger partial charge in [0.15, 0.2) is 11.4 Å². The van der Waals surface area contributed by atoms with E-state index in [1.165, 1.54) is 13.8 Å². The van der Waals surface area contributed by atoms with E-state index in [1.54, 1.807) is 12.1 Å². The fourth-order valence-electron chi connectivity index (χ4n) is 2.20. The Morgan fingerprint density at radius 2 is 1.58 bits per heavy atom. The van der Waals surface area contributed by atoms with Crippen LogP contribution in [0.5, 0.6) is 5.75 Å². The Labute approximate surface area is 142 Å². The maximum Gasteiger partial charge on any atom is 0.347 e. The number of Topliss-reactive ketones (excluding diaryl/α,β-unsaturated/α-hetero) is 1. The number of benzene rings is 2. The summed E-state index contributed by atoms with van der Waals surface area (Å²) in [5.74, 6) is -0.409. The van der Waals surface area contributed by atoms with Gasteiger partial charge in [0.05, 0.1) is 0 Å². The Morgan fingerprint density at radius 3 is 2.12 bits per heavy atom. The lowest BCUT2D eigenvalue weighted by molar-refractivity contribution is -0.152. The van der Waals surface area contributed by atoms with Crippen molar-refractivity contribution in [3.8, 4) is 5.75 Å². The summed E-state index contributed by atoms with van der Waals surface area (Å²) in [6.45, 7) is 5.00. The summed E-state index contributed by atoms with van der Waals surface area (Å²) >= 11 is 0. The molecule has 0 unspecified atom stereocenters. The molecule has 0 bridgehead atoms. The highest BCUT2D eigenvalue weighted by molar-refractivity contribution is 5.96. The van der Waals surface area contributed by atoms with Crippen molar-refractivity contribution in [1.82, 2.24) is 0 Å². The predicted molar refractivity (Wildman–Crippen MR) is 92.6 cm³/mol. The van der Waals surface area contributed by atoms with Gasteiger partial charge in [0.2, 0.25) is 0 Å². The van der Waals surface area contributed by atoms with Crippen LogP contribution in [0.3, 0.4) is 0 Å². The van der Waals surface area contributed by atoms with Gasteiger partial charge in [0.1, 0.15) is 5.75 Å². The fourth-order valence-corrected chi connectivity index (χ4v) is 2.20. The monoisotopic (exact) mass is 326 g/mol. The lowest BCUT2D eigenvalue weighted by atomic mass is 10.0. The largest absolute Gasteiger partial charge is 0.478 e. The van der Waals surface area contributed by atoms with Crippen molar-refractivity contribution in [2.75, 3.05) is 0 Å². The number of aliphatic carboxylic acids is 1. The minimum absolute atomic E-state index is 0.113. The van der Waals surface area contributed by atoms with Gasteiger partial charge in [-0.25, -0.2) is 4.79 Å². The fraction of sp³-hybridized carbons (Fsp3) is 0.300. The highest BCUT2D eigenvalue weighted by Gasteiger charge is 2.29. The van der Waals surface area contributed by atoms with E-state index < -0.39 is 11.6 Å². The molecule has 2 aromatic carbocycles. The standard InChI is InChI=1S/C20H22O4/c1-14-4-9-16(10-5-14)18(21)13-8-15-6-11-17(12-7-15)24-20(2,3)19(22)23/h4-7,9-12H,8,13H2,1-3H3,(H,22,23). The Balaban J connectivity index is 1.93. The first-order valence-electron chi connectivity index (χ1n) is 7.89. The number of carbonyl (C=O) groups is 2. The van der Waals surface area contributed by atoms with E-state index in [0.29, 0.717) is 18.6 Å². The smallest absolute Gasteiger partial charge is 0.347 e. The molecule has 0 atom stereocenters. The number of rotatable bonds is 7. The minimum Gasteiger partial charge on any atom is -0.478 e. The van der Waals surface area contributed by atoms with Crippen molar-refractivity contribution in [1.29, 1.82) is 0 Å². The highest BCUT2D eigenvalue weighted by Crippen LogP contribution is 2.20. The number of aryl methyl sites for hydroxylation is 2. The van der Waals surface area contributed by atoms with Crippen molar-refractivity contribution in [3.63, 3.8) is 0 Å². The number of hydrogen-bond donors (Lipinski definition) is 1. The van der Waals surface area contributed by atoms with Gasteiger partial charge in [0.25, 0.3) is 0 Å². The molecule has 24 heavy (non-hydrogen) atoms. The summed E-state index contributed by atoms with van der Waals surface area (Å²) in [4.78, 5) is 23.2. The third-order valence-electron chi connectivity index (χ3n) is 3.83. The second kappa shape index (κ2) is 7.30. The summed E-state index contributed by atoms with van der Waals surface area (Å²) in [5, 5.41) is 9.07. The van der Waals surface area contributed by atoms with Crippen molar-refractivity contribution in [2.45, 2.75) is 39.2 Å². The summed E-state index contributed by atoms with van der Waals surface area (Å²) in [6, 6.07) is 14.7. The van der Waals surface area contributed by atoms with E-state index in [2.05, 4.69) is 0 Å². The molecule has 1 N–H and O–H groups in total. The summed E-state index contributed by atoms with van der Waals surface area (Å²) in [7, 11) is 0. The van der Waals surface area contributed by atoms with E-state index in [0.717, 1.165) is 16.7 Å². The SMILES string of the molecule is Cc1ccc(C(=O)CCc2ccc(OC(C)(C)C(=O)O)cc2)cc1. The molecule has 0 aliphatic carbocycles. The van der Waals surface area contributed by atoms with Gasteiger partial charge in [0, 0.05) is 12.0 Å². The Hall–Kier alpha value is -2.62. The number of carboxylic acids is 1. The molecule has 4 nitrogen and oxygen atoms in total. The number of carbonyl (C=O) groups excluding carboxylic acids is 1. The van der Waals surface area contributed by atoms with Crippen LogP contribution in [-0.4, -0.2) is 22.5 Å². The van der Waals surface area contributed by atoms with Crippen LogP contribution in [-0.2, 0) is 11.2 Å². The average Bonchev–Trinajstić information content (AvgIpc) is 2.54. The maximum atomic E-state index is 12.2. The van der Waals surface area contributed by atoms with Gasteiger partial charge in [-0.05, 0) is 44.9 Å². The lowest BCUT2D eigenvalue weighted by Gasteiger charge is -2.21. The lowest BCUT2D eigenvalue weighted by Crippen LogP contribution is -2.37. The molecule has 0 aliphatic rings. The highest BCUT2D eigenvalue weighted by atomic mass is 16.5. The molecule has 2 aromatic rings. The normalized spacial score (nSPS) is 11.1. The van der Waals surface area contributed by atoms with Crippen LogP contribution in [0.4, 0.5) is 0 Å². The van der Waals surface area contributed by atoms with Crippen molar-refractivity contribution in [2.24, 2.45) is 0 Å². The molecule has 0 saturated heterocycles. The van der Waals surface area contributed by atoms with E-state index in [4.69, 9.17) is 9.84 Å². The number of carboxylic acid groups (broad SMARTS) is 1. The maximum absolute atomic E-state index is 12.2. The van der Waals surface area contributed by atoms with Crippen molar-refractivity contribution in [3.05, 3.63) is 65.2 Å². The van der Waals surface area contributed by atoms with Crippen LogP contribution in [0.1, 0.15) is 41.8 Å². The van der Waals surface area contributed by atoms with Crippen LogP contribution in [0, 0.1) is 6.92 Å². The predicted octanol–water partition coefficient (Wildman–Crippen LogP) is 4.05. The van der Waals surface area contributed by atoms with Crippen LogP contribution in [0.2, 0.25) is 0 Å². The average molecular weight is 326 g/mol. The second-order valence-electron chi connectivity index (χ2n) is 6.35. The molecule has 0 saturated carbocycles. The summed E-state index contributed by atoms with van der Waals surface area (Å²) < 4.78 is 5.46. The van der Waals surface area contributed by atoms with Gasteiger partial charge in [-0.3, -0.25) is 4.79 Å². The van der Waals surface area contributed by atoms with Crippen LogP contribution in [0.15, 0.2) is 48.5 Å². The van der Waals surface area contributed by atoms with E-state index in [-0.39, 0.29) is 5.78 Å². The summed E-state index contributed by atoms with van der Waals surface area (Å²) in [5.41, 5.74) is 1.59. The van der Waals surface area contributed by atoms with Crippen LogP contribution in [0.25, 0.3) is 0 Å². The Bertz CT molecular complexity index is 712. The zero-order valence-corrected chi connectivity index (χ0v) is 14.2. The zero-order chi connectivity index (χ0) is 17.7. The third kappa shape index (κ3) is 4.69. The van der Waals surface area contributed by atoms with Crippen molar-refractivity contribution >= 4 is 11.8 Å². The first kappa shape index (κ1) is 17.7. The zero-order valence-electron chi connectivity index (χ0n) is 14.2. The third-order valence-corrected chi connectivity index (χ3v) is 3.83. The van der Waals surface area contributed by atoms with E-state index in [9.17, 15) is 9.59 Å². The number of hydrogen-bond acceptors (Lipinski definition) is 3. The molecule has 0 aliphatic heterocycles. The molecule has 0 amide bonds. The number of ether oxygens (including phenoxy) is 1. The van der Waals surface area contributed by atoms with E-state index >= 15 is 0 Å². The van der Waals surface area contributed by atoms with Crippen LogP contribution < -0.4 is 4.74 Å². The molecule has 4 heteroatoms. The van der Waals surface area contributed by atoms with Crippen LogP contribution >= 0.6 is 0 Å². The van der Waals surface area contributed by atoms with Gasteiger partial charge in [-0.15, -0.1) is 0 Å². The molecular weight excluding hydrogens is 304 g/mol. The first-order chi connectivity index (χ1) is 11.3. The van der Waals surface area contributed by atoms with E-state index in [1.807, 2.05) is 43.3 Å². The molecule has 2 rings (SSSR count). The topological polar surface area (TPSA) is 63.6 Å².